The third-order valence-corrected chi connectivity index (χ3v) is 2.28. The van der Waals surface area contributed by atoms with Crippen LogP contribution in [0.15, 0.2) is 12.7 Å². The molecule has 0 radical (unpaired) electrons. The lowest BCUT2D eigenvalue weighted by Gasteiger charge is -2.12. The Morgan fingerprint density at radius 3 is 2.75 bits per heavy atom. The van der Waals surface area contributed by atoms with Crippen LogP contribution < -0.4 is 0 Å². The van der Waals surface area contributed by atoms with Crippen molar-refractivity contribution in [2.45, 2.75) is 32.1 Å². The Morgan fingerprint density at radius 2 is 2.25 bits per heavy atom. The van der Waals surface area contributed by atoms with E-state index in [1.54, 1.807) is 6.08 Å². The number of unbranched alkanes of at least 4 members (excludes halogenated alkanes) is 1. The Kier molecular flexibility index (Phi) is 7.87. The maximum absolute atomic E-state index is 11.7. The fourth-order valence-corrected chi connectivity index (χ4v) is 1.38. The molecule has 1 atom stereocenters. The number of hydrogen-bond acceptors (Lipinski definition) is 3. The first-order valence-corrected chi connectivity index (χ1v) is 5.32. The predicted molar refractivity (Wildman–Crippen MR) is 62.6 cm³/mol. The molecule has 0 rings (SSSR count). The summed E-state index contributed by atoms with van der Waals surface area (Å²) in [6, 6.07) is 0. The van der Waals surface area contributed by atoms with Crippen LogP contribution in [0.25, 0.3) is 0 Å². The molecule has 0 heterocycles. The van der Waals surface area contributed by atoms with Crippen LogP contribution in [0.5, 0.6) is 0 Å². The number of rotatable bonds is 8. The molecule has 0 spiro atoms. The Balaban J connectivity index is 4.30. The van der Waals surface area contributed by atoms with Gasteiger partial charge in [-0.05, 0) is 19.3 Å². The molecule has 0 fully saturated rings. The minimum atomic E-state index is -0.668. The van der Waals surface area contributed by atoms with Crippen molar-refractivity contribution in [1.82, 2.24) is 0 Å². The number of carbonyl (C=O) groups excluding carboxylic acids is 2. The van der Waals surface area contributed by atoms with Gasteiger partial charge in [-0.25, -0.2) is 0 Å². The summed E-state index contributed by atoms with van der Waals surface area (Å²) in [7, 11) is 1.29. The molecule has 0 aromatic heterocycles. The van der Waals surface area contributed by atoms with Crippen molar-refractivity contribution in [2.24, 2.45) is 5.92 Å². The van der Waals surface area contributed by atoms with Crippen molar-refractivity contribution in [2.75, 3.05) is 7.11 Å². The second kappa shape index (κ2) is 8.72. The highest BCUT2D eigenvalue weighted by atomic mass is 16.5. The quantitative estimate of drug-likeness (QED) is 0.208. The standard InChI is InChI=1S/C13H18O3/c1-4-6-8-9-11(13(15)16-3)12(14)10-7-5-2/h1,5,11H,2,6-10H2,3H3. The Labute approximate surface area is 96.9 Å². The molecule has 0 saturated carbocycles. The zero-order chi connectivity index (χ0) is 12.4. The van der Waals surface area contributed by atoms with Crippen LogP contribution in [-0.2, 0) is 14.3 Å². The summed E-state index contributed by atoms with van der Waals surface area (Å²) in [5.74, 6) is 1.25. The lowest BCUT2D eigenvalue weighted by molar-refractivity contribution is -0.149. The maximum atomic E-state index is 11.7. The van der Waals surface area contributed by atoms with Gasteiger partial charge in [-0.2, -0.15) is 0 Å². The van der Waals surface area contributed by atoms with Gasteiger partial charge in [-0.1, -0.05) is 6.08 Å². The van der Waals surface area contributed by atoms with Crippen LogP contribution in [0.1, 0.15) is 32.1 Å². The number of hydrogen-bond donors (Lipinski definition) is 0. The summed E-state index contributed by atoms with van der Waals surface area (Å²) >= 11 is 0. The number of esters is 1. The van der Waals surface area contributed by atoms with Gasteiger partial charge in [0.2, 0.25) is 0 Å². The minimum absolute atomic E-state index is 0.0937. The van der Waals surface area contributed by atoms with Crippen LogP contribution in [0.4, 0.5) is 0 Å². The Hall–Kier alpha value is -1.56. The maximum Gasteiger partial charge on any atom is 0.316 e. The third-order valence-electron chi connectivity index (χ3n) is 2.28. The zero-order valence-electron chi connectivity index (χ0n) is 9.70. The van der Waals surface area contributed by atoms with Crippen molar-refractivity contribution in [3.05, 3.63) is 12.7 Å². The molecular formula is C13H18O3. The molecule has 0 aliphatic rings. The highest BCUT2D eigenvalue weighted by Gasteiger charge is 2.25. The number of Topliss-reactive ketones (excluding diaryl/α,β-unsaturated/α-hetero) is 1. The summed E-state index contributed by atoms with van der Waals surface area (Å²) in [5.41, 5.74) is 0. The second-order valence-electron chi connectivity index (χ2n) is 3.47. The molecule has 88 valence electrons. The van der Waals surface area contributed by atoms with Crippen molar-refractivity contribution in [3.8, 4) is 12.3 Å². The lowest BCUT2D eigenvalue weighted by Crippen LogP contribution is -2.25. The first-order chi connectivity index (χ1) is 7.67. The van der Waals surface area contributed by atoms with Crippen LogP contribution >= 0.6 is 0 Å². The van der Waals surface area contributed by atoms with Crippen molar-refractivity contribution in [3.63, 3.8) is 0 Å². The van der Waals surface area contributed by atoms with Crippen LogP contribution in [0, 0.1) is 18.3 Å². The van der Waals surface area contributed by atoms with E-state index in [9.17, 15) is 9.59 Å². The van der Waals surface area contributed by atoms with E-state index < -0.39 is 11.9 Å². The number of carbonyl (C=O) groups is 2. The predicted octanol–water partition coefficient (Wildman–Crippen LogP) is 2.11. The molecule has 0 aliphatic heterocycles. The highest BCUT2D eigenvalue weighted by Crippen LogP contribution is 2.14. The smallest absolute Gasteiger partial charge is 0.316 e. The third kappa shape index (κ3) is 5.35. The number of terminal acetylenes is 1. The van der Waals surface area contributed by atoms with Crippen molar-refractivity contribution in [1.29, 1.82) is 0 Å². The van der Waals surface area contributed by atoms with E-state index in [0.29, 0.717) is 32.1 Å². The first-order valence-electron chi connectivity index (χ1n) is 5.32. The van der Waals surface area contributed by atoms with Gasteiger partial charge in [0.15, 0.2) is 0 Å². The van der Waals surface area contributed by atoms with E-state index >= 15 is 0 Å². The van der Waals surface area contributed by atoms with Gasteiger partial charge in [-0.3, -0.25) is 9.59 Å². The fraction of sp³-hybridized carbons (Fsp3) is 0.538. The molecule has 0 aromatic carbocycles. The van der Waals surface area contributed by atoms with Crippen LogP contribution in [0.3, 0.4) is 0 Å². The molecule has 0 N–H and O–H groups in total. The van der Waals surface area contributed by atoms with Gasteiger partial charge in [0.1, 0.15) is 11.7 Å². The Bertz CT molecular complexity index is 286. The van der Waals surface area contributed by atoms with Crippen molar-refractivity contribution >= 4 is 11.8 Å². The van der Waals surface area contributed by atoms with Gasteiger partial charge in [0.25, 0.3) is 0 Å². The van der Waals surface area contributed by atoms with Gasteiger partial charge in [0, 0.05) is 12.8 Å². The average Bonchev–Trinajstić information content (AvgIpc) is 2.30. The van der Waals surface area contributed by atoms with E-state index in [1.807, 2.05) is 0 Å². The molecule has 0 saturated heterocycles. The average molecular weight is 222 g/mol. The van der Waals surface area contributed by atoms with E-state index in [0.717, 1.165) is 0 Å². The molecule has 16 heavy (non-hydrogen) atoms. The normalized spacial score (nSPS) is 11.2. The van der Waals surface area contributed by atoms with Gasteiger partial charge < -0.3 is 4.74 Å². The zero-order valence-corrected chi connectivity index (χ0v) is 9.70. The molecule has 0 amide bonds. The van der Waals surface area contributed by atoms with Crippen molar-refractivity contribution < 1.29 is 14.3 Å². The SMILES string of the molecule is C#CCCCC(C(=O)CCC=C)C(=O)OC. The topological polar surface area (TPSA) is 43.4 Å². The monoisotopic (exact) mass is 222 g/mol. The number of ether oxygens (including phenoxy) is 1. The molecule has 0 aromatic rings. The lowest BCUT2D eigenvalue weighted by atomic mass is 9.94. The molecule has 1 unspecified atom stereocenters. The second-order valence-corrected chi connectivity index (χ2v) is 3.47. The van der Waals surface area contributed by atoms with Gasteiger partial charge in [0.05, 0.1) is 7.11 Å². The largest absolute Gasteiger partial charge is 0.468 e. The molecule has 0 aliphatic carbocycles. The summed E-state index contributed by atoms with van der Waals surface area (Å²) in [5, 5.41) is 0. The molecule has 3 heteroatoms. The van der Waals surface area contributed by atoms with Crippen LogP contribution in [-0.4, -0.2) is 18.9 Å². The number of methoxy groups -OCH3 is 1. The summed E-state index contributed by atoms with van der Waals surface area (Å²) < 4.78 is 4.61. The molecular weight excluding hydrogens is 204 g/mol. The number of ketones is 1. The summed E-state index contributed by atoms with van der Waals surface area (Å²) in [6.45, 7) is 3.54. The molecule has 3 nitrogen and oxygen atoms in total. The molecule has 0 bridgehead atoms. The highest BCUT2D eigenvalue weighted by molar-refractivity contribution is 5.98. The van der Waals surface area contributed by atoms with E-state index in [4.69, 9.17) is 6.42 Å². The van der Waals surface area contributed by atoms with Gasteiger partial charge in [-0.15, -0.1) is 18.9 Å². The van der Waals surface area contributed by atoms with E-state index in [2.05, 4.69) is 17.2 Å². The minimum Gasteiger partial charge on any atom is -0.468 e. The summed E-state index contributed by atoms with van der Waals surface area (Å²) in [4.78, 5) is 23.1. The van der Waals surface area contributed by atoms with E-state index in [1.165, 1.54) is 7.11 Å². The van der Waals surface area contributed by atoms with Crippen LogP contribution in [0.2, 0.25) is 0 Å². The Morgan fingerprint density at radius 1 is 1.56 bits per heavy atom. The number of allylic oxidation sites excluding steroid dienone is 1. The fourth-order valence-electron chi connectivity index (χ4n) is 1.38. The summed E-state index contributed by atoms with van der Waals surface area (Å²) in [6.07, 6.45) is 9.39. The first kappa shape index (κ1) is 14.4. The van der Waals surface area contributed by atoms with E-state index in [-0.39, 0.29) is 5.78 Å². The van der Waals surface area contributed by atoms with Gasteiger partial charge >= 0.3 is 5.97 Å².